The van der Waals surface area contributed by atoms with Gasteiger partial charge >= 0.3 is 0 Å². The summed E-state index contributed by atoms with van der Waals surface area (Å²) in [5.74, 6) is 7.93. The summed E-state index contributed by atoms with van der Waals surface area (Å²) < 4.78 is 0. The van der Waals surface area contributed by atoms with Gasteiger partial charge in [-0.2, -0.15) is 0 Å². The second-order valence-corrected chi connectivity index (χ2v) is 4.80. The second-order valence-electron chi connectivity index (χ2n) is 4.80. The molecule has 100 valence electrons. The summed E-state index contributed by atoms with van der Waals surface area (Å²) in [6.45, 7) is 7.31. The Hall–Kier alpha value is -1.40. The van der Waals surface area contributed by atoms with Crippen LogP contribution >= 0.6 is 0 Å². The number of hydrogen-bond donors (Lipinski definition) is 2. The standard InChI is InChI=1S/C12H22N6/c1-4-10-14-11(16-13)7-12(15-10)18-6-5-17(3)9(2)8-18/h7,9H,4-6,8,13H2,1-3H3,(H,14,15,16). The maximum absolute atomic E-state index is 5.45. The molecular weight excluding hydrogens is 228 g/mol. The molecule has 1 aromatic heterocycles. The molecule has 0 spiro atoms. The lowest BCUT2D eigenvalue weighted by Crippen LogP contribution is -2.50. The van der Waals surface area contributed by atoms with Crippen LogP contribution in [0.4, 0.5) is 11.6 Å². The molecule has 1 saturated heterocycles. The Morgan fingerprint density at radius 1 is 1.44 bits per heavy atom. The van der Waals surface area contributed by atoms with Crippen LogP contribution in [0.5, 0.6) is 0 Å². The Balaban J connectivity index is 2.22. The highest BCUT2D eigenvalue weighted by Gasteiger charge is 2.22. The number of aryl methyl sites for hydroxylation is 1. The number of nitrogens with zero attached hydrogens (tertiary/aromatic N) is 4. The molecule has 1 aromatic rings. The first kappa shape index (κ1) is 13.0. The highest BCUT2D eigenvalue weighted by atomic mass is 15.3. The topological polar surface area (TPSA) is 70.3 Å². The van der Waals surface area contributed by atoms with Crippen molar-refractivity contribution in [3.05, 3.63) is 11.9 Å². The molecular formula is C12H22N6. The quantitative estimate of drug-likeness (QED) is 0.600. The summed E-state index contributed by atoms with van der Waals surface area (Å²) >= 11 is 0. The van der Waals surface area contributed by atoms with E-state index >= 15 is 0 Å². The van der Waals surface area contributed by atoms with Crippen LogP contribution in [0.15, 0.2) is 6.07 Å². The van der Waals surface area contributed by atoms with E-state index in [1.54, 1.807) is 0 Å². The zero-order valence-corrected chi connectivity index (χ0v) is 11.3. The number of nitrogens with one attached hydrogen (secondary N) is 1. The third-order valence-electron chi connectivity index (χ3n) is 3.51. The van der Waals surface area contributed by atoms with Gasteiger partial charge in [0.25, 0.3) is 0 Å². The van der Waals surface area contributed by atoms with Crippen molar-refractivity contribution in [2.75, 3.05) is 37.0 Å². The summed E-state index contributed by atoms with van der Waals surface area (Å²) in [5, 5.41) is 0. The van der Waals surface area contributed by atoms with E-state index in [0.29, 0.717) is 11.9 Å². The molecule has 18 heavy (non-hydrogen) atoms. The number of aromatic nitrogens is 2. The van der Waals surface area contributed by atoms with Crippen molar-refractivity contribution in [2.24, 2.45) is 5.84 Å². The Bertz CT molecular complexity index is 385. The molecule has 2 rings (SSSR count). The number of nitrogen functional groups attached to an aromatic ring is 1. The Kier molecular flexibility index (Phi) is 3.98. The highest BCUT2D eigenvalue weighted by molar-refractivity contribution is 5.49. The van der Waals surface area contributed by atoms with Gasteiger partial charge in [-0.1, -0.05) is 6.92 Å². The maximum atomic E-state index is 5.45. The van der Waals surface area contributed by atoms with Gasteiger partial charge in [0.15, 0.2) is 0 Å². The first-order chi connectivity index (χ1) is 8.63. The molecule has 2 heterocycles. The number of anilines is 2. The Labute approximate surface area is 108 Å². The molecule has 6 nitrogen and oxygen atoms in total. The van der Waals surface area contributed by atoms with Gasteiger partial charge in [0, 0.05) is 38.2 Å². The molecule has 1 aliphatic heterocycles. The first-order valence-electron chi connectivity index (χ1n) is 6.43. The minimum Gasteiger partial charge on any atom is -0.354 e. The smallest absolute Gasteiger partial charge is 0.145 e. The number of rotatable bonds is 3. The summed E-state index contributed by atoms with van der Waals surface area (Å²) in [7, 11) is 2.16. The summed E-state index contributed by atoms with van der Waals surface area (Å²) in [4.78, 5) is 13.6. The van der Waals surface area contributed by atoms with Gasteiger partial charge in [0.05, 0.1) is 0 Å². The van der Waals surface area contributed by atoms with Crippen LogP contribution < -0.4 is 16.2 Å². The highest BCUT2D eigenvalue weighted by Crippen LogP contribution is 2.19. The second kappa shape index (κ2) is 5.49. The normalized spacial score (nSPS) is 21.1. The summed E-state index contributed by atoms with van der Waals surface area (Å²) in [6.07, 6.45) is 0.811. The SMILES string of the molecule is CCc1nc(NN)cc(N2CCN(C)C(C)C2)n1. The maximum Gasteiger partial charge on any atom is 0.145 e. The predicted octanol–water partition coefficient (Wildman–Crippen LogP) is 0.465. The predicted molar refractivity (Wildman–Crippen MR) is 73.5 cm³/mol. The van der Waals surface area contributed by atoms with Crippen molar-refractivity contribution >= 4 is 11.6 Å². The Morgan fingerprint density at radius 3 is 2.83 bits per heavy atom. The van der Waals surface area contributed by atoms with Crippen LogP contribution in [0.1, 0.15) is 19.7 Å². The number of hydrazine groups is 1. The molecule has 1 unspecified atom stereocenters. The third kappa shape index (κ3) is 2.70. The van der Waals surface area contributed by atoms with E-state index in [1.807, 2.05) is 13.0 Å². The fourth-order valence-corrected chi connectivity index (χ4v) is 2.13. The molecule has 0 aliphatic carbocycles. The van der Waals surface area contributed by atoms with Crippen LogP contribution in [-0.4, -0.2) is 47.6 Å². The minimum atomic E-state index is 0.535. The van der Waals surface area contributed by atoms with Crippen LogP contribution in [0, 0.1) is 0 Å². The van der Waals surface area contributed by atoms with E-state index in [1.165, 1.54) is 0 Å². The van der Waals surface area contributed by atoms with Crippen molar-refractivity contribution in [1.82, 2.24) is 14.9 Å². The van der Waals surface area contributed by atoms with Gasteiger partial charge in [0.2, 0.25) is 0 Å². The zero-order chi connectivity index (χ0) is 13.1. The van der Waals surface area contributed by atoms with Crippen LogP contribution in [-0.2, 0) is 6.42 Å². The number of piperazine rings is 1. The van der Waals surface area contributed by atoms with Crippen LogP contribution in [0.25, 0.3) is 0 Å². The summed E-state index contributed by atoms with van der Waals surface area (Å²) in [5.41, 5.74) is 2.61. The van der Waals surface area contributed by atoms with E-state index in [4.69, 9.17) is 5.84 Å². The van der Waals surface area contributed by atoms with E-state index in [2.05, 4.69) is 39.2 Å². The van der Waals surface area contributed by atoms with Crippen molar-refractivity contribution in [3.63, 3.8) is 0 Å². The molecule has 3 N–H and O–H groups in total. The fourth-order valence-electron chi connectivity index (χ4n) is 2.13. The Morgan fingerprint density at radius 2 is 2.22 bits per heavy atom. The average Bonchev–Trinajstić information content (AvgIpc) is 2.41. The summed E-state index contributed by atoms with van der Waals surface area (Å²) in [6, 6.07) is 2.45. The molecule has 0 saturated carbocycles. The molecule has 0 bridgehead atoms. The minimum absolute atomic E-state index is 0.535. The van der Waals surface area contributed by atoms with Gasteiger partial charge in [-0.15, -0.1) is 0 Å². The van der Waals surface area contributed by atoms with Gasteiger partial charge in [-0.05, 0) is 14.0 Å². The molecule has 0 radical (unpaired) electrons. The van der Waals surface area contributed by atoms with Crippen molar-refractivity contribution in [1.29, 1.82) is 0 Å². The van der Waals surface area contributed by atoms with Crippen molar-refractivity contribution in [3.8, 4) is 0 Å². The fraction of sp³-hybridized carbons (Fsp3) is 0.667. The lowest BCUT2D eigenvalue weighted by molar-refractivity contribution is 0.233. The lowest BCUT2D eigenvalue weighted by Gasteiger charge is -2.38. The van der Waals surface area contributed by atoms with Crippen molar-refractivity contribution < 1.29 is 0 Å². The molecule has 0 aromatic carbocycles. The molecule has 1 atom stereocenters. The largest absolute Gasteiger partial charge is 0.354 e. The number of hydrogen-bond acceptors (Lipinski definition) is 6. The van der Waals surface area contributed by atoms with Crippen LogP contribution in [0.2, 0.25) is 0 Å². The lowest BCUT2D eigenvalue weighted by atomic mass is 10.2. The van der Waals surface area contributed by atoms with Crippen molar-refractivity contribution in [2.45, 2.75) is 26.3 Å². The van der Waals surface area contributed by atoms with Gasteiger partial charge < -0.3 is 15.2 Å². The van der Waals surface area contributed by atoms with E-state index in [9.17, 15) is 0 Å². The average molecular weight is 250 g/mol. The number of likely N-dealkylation sites (N-methyl/N-ethyl adjacent to an activating group) is 1. The molecule has 6 heteroatoms. The first-order valence-corrected chi connectivity index (χ1v) is 6.43. The van der Waals surface area contributed by atoms with Gasteiger partial charge in [-0.3, -0.25) is 0 Å². The van der Waals surface area contributed by atoms with E-state index < -0.39 is 0 Å². The van der Waals surface area contributed by atoms with Gasteiger partial charge in [-0.25, -0.2) is 15.8 Å². The monoisotopic (exact) mass is 250 g/mol. The van der Waals surface area contributed by atoms with Gasteiger partial charge in [0.1, 0.15) is 17.5 Å². The molecule has 1 aliphatic rings. The number of nitrogens with two attached hydrogens (primary N) is 1. The van der Waals surface area contributed by atoms with E-state index in [0.717, 1.165) is 37.7 Å². The molecule has 1 fully saturated rings. The van der Waals surface area contributed by atoms with E-state index in [-0.39, 0.29) is 0 Å². The third-order valence-corrected chi connectivity index (χ3v) is 3.51. The van der Waals surface area contributed by atoms with Crippen LogP contribution in [0.3, 0.4) is 0 Å². The zero-order valence-electron chi connectivity index (χ0n) is 11.3. The molecule has 0 amide bonds.